The van der Waals surface area contributed by atoms with Crippen molar-refractivity contribution in [2.75, 3.05) is 0 Å². The summed E-state index contributed by atoms with van der Waals surface area (Å²) in [6.07, 6.45) is 3.40. The summed E-state index contributed by atoms with van der Waals surface area (Å²) in [5.74, 6) is -0.298. The SMILES string of the molecule is C=Cc1cc(F)c2nn(C)cc2c1. The Bertz CT molecular complexity index is 471. The van der Waals surface area contributed by atoms with Gasteiger partial charge in [0.15, 0.2) is 5.82 Å². The Kier molecular flexibility index (Phi) is 1.65. The Balaban J connectivity index is 2.82. The van der Waals surface area contributed by atoms with Gasteiger partial charge < -0.3 is 0 Å². The number of aromatic nitrogens is 2. The molecule has 1 heterocycles. The largest absolute Gasteiger partial charge is 0.274 e. The van der Waals surface area contributed by atoms with Gasteiger partial charge in [0.1, 0.15) is 5.52 Å². The molecule has 0 fully saturated rings. The van der Waals surface area contributed by atoms with Crippen molar-refractivity contribution in [2.24, 2.45) is 7.05 Å². The first-order chi connectivity index (χ1) is 6.20. The maximum absolute atomic E-state index is 13.3. The molecule has 0 bridgehead atoms. The van der Waals surface area contributed by atoms with Gasteiger partial charge in [-0.05, 0) is 17.7 Å². The summed E-state index contributed by atoms with van der Waals surface area (Å²) in [6.45, 7) is 3.59. The summed E-state index contributed by atoms with van der Waals surface area (Å²) >= 11 is 0. The first-order valence-electron chi connectivity index (χ1n) is 3.96. The molecule has 0 aliphatic heterocycles. The molecule has 0 N–H and O–H groups in total. The van der Waals surface area contributed by atoms with Gasteiger partial charge in [0, 0.05) is 18.6 Å². The van der Waals surface area contributed by atoms with E-state index in [2.05, 4.69) is 11.7 Å². The highest BCUT2D eigenvalue weighted by Crippen LogP contribution is 2.18. The van der Waals surface area contributed by atoms with Gasteiger partial charge in [-0.15, -0.1) is 0 Å². The molecule has 0 radical (unpaired) electrons. The lowest BCUT2D eigenvalue weighted by atomic mass is 10.1. The predicted molar refractivity (Wildman–Crippen MR) is 50.8 cm³/mol. The van der Waals surface area contributed by atoms with Gasteiger partial charge in [0.2, 0.25) is 0 Å². The number of fused-ring (bicyclic) bond motifs is 1. The topological polar surface area (TPSA) is 17.8 Å². The minimum Gasteiger partial charge on any atom is -0.274 e. The van der Waals surface area contributed by atoms with Gasteiger partial charge in [-0.3, -0.25) is 4.68 Å². The Hall–Kier alpha value is -1.64. The Morgan fingerprint density at radius 2 is 2.31 bits per heavy atom. The number of halogens is 1. The second-order valence-corrected chi connectivity index (χ2v) is 2.95. The second kappa shape index (κ2) is 2.69. The van der Waals surface area contributed by atoms with Gasteiger partial charge in [0.25, 0.3) is 0 Å². The van der Waals surface area contributed by atoms with Gasteiger partial charge >= 0.3 is 0 Å². The van der Waals surface area contributed by atoms with E-state index in [1.165, 1.54) is 6.07 Å². The Morgan fingerprint density at radius 3 is 3.00 bits per heavy atom. The van der Waals surface area contributed by atoms with Crippen molar-refractivity contribution in [3.63, 3.8) is 0 Å². The van der Waals surface area contributed by atoms with Crippen molar-refractivity contribution in [1.29, 1.82) is 0 Å². The van der Waals surface area contributed by atoms with Crippen LogP contribution in [0.25, 0.3) is 17.0 Å². The summed E-state index contributed by atoms with van der Waals surface area (Å²) in [5, 5.41) is 4.80. The molecule has 0 aliphatic rings. The van der Waals surface area contributed by atoms with Crippen LogP contribution in [0.1, 0.15) is 5.56 Å². The molecule has 3 heteroatoms. The van der Waals surface area contributed by atoms with Gasteiger partial charge in [-0.2, -0.15) is 5.10 Å². The van der Waals surface area contributed by atoms with Crippen LogP contribution in [0, 0.1) is 5.82 Å². The van der Waals surface area contributed by atoms with E-state index in [-0.39, 0.29) is 5.82 Å². The molecule has 0 atom stereocenters. The second-order valence-electron chi connectivity index (χ2n) is 2.95. The third kappa shape index (κ3) is 1.22. The molecule has 2 nitrogen and oxygen atoms in total. The molecule has 0 saturated heterocycles. The van der Waals surface area contributed by atoms with E-state index in [0.717, 1.165) is 10.9 Å². The normalized spacial score (nSPS) is 10.6. The molecule has 0 aliphatic carbocycles. The molecule has 0 amide bonds. The van der Waals surface area contributed by atoms with Crippen molar-refractivity contribution in [3.05, 3.63) is 36.3 Å². The van der Waals surface area contributed by atoms with Crippen LogP contribution in [0.3, 0.4) is 0 Å². The number of rotatable bonds is 1. The average Bonchev–Trinajstić information content (AvgIpc) is 2.46. The van der Waals surface area contributed by atoms with Crippen LogP contribution in [-0.4, -0.2) is 9.78 Å². The third-order valence-electron chi connectivity index (χ3n) is 1.93. The van der Waals surface area contributed by atoms with Gasteiger partial charge in [0.05, 0.1) is 0 Å². The first kappa shape index (κ1) is 7.98. The molecule has 13 heavy (non-hydrogen) atoms. The van der Waals surface area contributed by atoms with Crippen molar-refractivity contribution < 1.29 is 4.39 Å². The van der Waals surface area contributed by atoms with E-state index in [9.17, 15) is 4.39 Å². The highest BCUT2D eigenvalue weighted by molar-refractivity contribution is 5.81. The first-order valence-corrected chi connectivity index (χ1v) is 3.96. The van der Waals surface area contributed by atoms with Gasteiger partial charge in [-0.1, -0.05) is 12.7 Å². The van der Waals surface area contributed by atoms with E-state index in [0.29, 0.717) is 5.52 Å². The standard InChI is InChI=1S/C10H9FN2/c1-3-7-4-8-6-13(2)12-10(8)9(11)5-7/h3-6H,1H2,2H3. The maximum Gasteiger partial charge on any atom is 0.151 e. The summed E-state index contributed by atoms with van der Waals surface area (Å²) < 4.78 is 14.9. The lowest BCUT2D eigenvalue weighted by Crippen LogP contribution is -1.86. The zero-order chi connectivity index (χ0) is 9.42. The molecule has 1 aromatic carbocycles. The minimum absolute atomic E-state index is 0.298. The third-order valence-corrected chi connectivity index (χ3v) is 1.93. The van der Waals surface area contributed by atoms with Crippen molar-refractivity contribution >= 4 is 17.0 Å². The van der Waals surface area contributed by atoms with Crippen LogP contribution in [-0.2, 0) is 7.05 Å². The molecule has 0 unspecified atom stereocenters. The fraction of sp³-hybridized carbons (Fsp3) is 0.100. The molecule has 1 aromatic heterocycles. The average molecular weight is 176 g/mol. The number of benzene rings is 1. The van der Waals surface area contributed by atoms with E-state index >= 15 is 0 Å². The van der Waals surface area contributed by atoms with Crippen LogP contribution in [0.4, 0.5) is 4.39 Å². The highest BCUT2D eigenvalue weighted by Gasteiger charge is 2.05. The summed E-state index contributed by atoms with van der Waals surface area (Å²) in [4.78, 5) is 0. The number of hydrogen-bond acceptors (Lipinski definition) is 1. The fourth-order valence-electron chi connectivity index (χ4n) is 1.35. The highest BCUT2D eigenvalue weighted by atomic mass is 19.1. The van der Waals surface area contributed by atoms with Crippen molar-refractivity contribution in [3.8, 4) is 0 Å². The molecule has 2 rings (SSSR count). The van der Waals surface area contributed by atoms with Crippen LogP contribution in [0.5, 0.6) is 0 Å². The van der Waals surface area contributed by atoms with Crippen molar-refractivity contribution in [2.45, 2.75) is 0 Å². The Labute approximate surface area is 75.3 Å². The molecule has 0 saturated carbocycles. The van der Waals surface area contributed by atoms with Crippen LogP contribution < -0.4 is 0 Å². The fourth-order valence-corrected chi connectivity index (χ4v) is 1.35. The monoisotopic (exact) mass is 176 g/mol. The van der Waals surface area contributed by atoms with Crippen molar-refractivity contribution in [1.82, 2.24) is 9.78 Å². The van der Waals surface area contributed by atoms with Crippen LogP contribution >= 0.6 is 0 Å². The summed E-state index contributed by atoms with van der Waals surface area (Å²) in [5.41, 5.74) is 1.19. The quantitative estimate of drug-likeness (QED) is 0.652. The molecular formula is C10H9FN2. The van der Waals surface area contributed by atoms with Crippen LogP contribution in [0.15, 0.2) is 24.9 Å². The van der Waals surface area contributed by atoms with E-state index in [1.54, 1.807) is 24.0 Å². The molecular weight excluding hydrogens is 167 g/mol. The van der Waals surface area contributed by atoms with Gasteiger partial charge in [-0.25, -0.2) is 4.39 Å². The summed E-state index contributed by atoms with van der Waals surface area (Å²) in [7, 11) is 1.77. The van der Waals surface area contributed by atoms with E-state index < -0.39 is 0 Å². The zero-order valence-corrected chi connectivity index (χ0v) is 7.29. The van der Waals surface area contributed by atoms with E-state index in [1.807, 2.05) is 6.07 Å². The number of aryl methyl sites for hydroxylation is 1. The lowest BCUT2D eigenvalue weighted by Gasteiger charge is -1.93. The number of nitrogens with zero attached hydrogens (tertiary/aromatic N) is 2. The molecule has 66 valence electrons. The zero-order valence-electron chi connectivity index (χ0n) is 7.29. The smallest absolute Gasteiger partial charge is 0.151 e. The minimum atomic E-state index is -0.298. The van der Waals surface area contributed by atoms with Crippen LogP contribution in [0.2, 0.25) is 0 Å². The number of hydrogen-bond donors (Lipinski definition) is 0. The lowest BCUT2D eigenvalue weighted by molar-refractivity contribution is 0.632. The maximum atomic E-state index is 13.3. The summed E-state index contributed by atoms with van der Waals surface area (Å²) in [6, 6.07) is 3.29. The Morgan fingerprint density at radius 1 is 1.54 bits per heavy atom. The molecule has 0 spiro atoms. The predicted octanol–water partition coefficient (Wildman–Crippen LogP) is 2.36. The van der Waals surface area contributed by atoms with E-state index in [4.69, 9.17) is 0 Å². The molecule has 2 aromatic rings.